The van der Waals surface area contributed by atoms with Crippen molar-refractivity contribution in [3.63, 3.8) is 0 Å². The van der Waals surface area contributed by atoms with Gasteiger partial charge in [-0.3, -0.25) is 14.4 Å². The first-order valence-corrected chi connectivity index (χ1v) is 13.9. The van der Waals surface area contributed by atoms with E-state index in [9.17, 15) is 29.4 Å². The van der Waals surface area contributed by atoms with E-state index in [2.05, 4.69) is 16.0 Å². The molecule has 11 heteroatoms. The Morgan fingerprint density at radius 1 is 0.946 bits per heavy atom. The third kappa shape index (κ3) is 11.4. The molecule has 3 amide bonds. The summed E-state index contributed by atoms with van der Waals surface area (Å²) in [4.78, 5) is 50.9. The Bertz CT molecular complexity index is 896. The molecular weight excluding hydrogens is 496 g/mol. The molecule has 0 aliphatic carbocycles. The normalized spacial score (nSPS) is 15.2. The number of phenols is 1. The number of aliphatic carboxylic acids is 1. The molecule has 0 heterocycles. The van der Waals surface area contributed by atoms with Gasteiger partial charge in [-0.1, -0.05) is 46.2 Å². The molecule has 1 rings (SSSR count). The maximum absolute atomic E-state index is 13.4. The summed E-state index contributed by atoms with van der Waals surface area (Å²) in [7, 11) is 0. The molecule has 0 fully saturated rings. The van der Waals surface area contributed by atoms with Gasteiger partial charge >= 0.3 is 5.97 Å². The van der Waals surface area contributed by atoms with Crippen molar-refractivity contribution < 1.29 is 29.4 Å². The Morgan fingerprint density at radius 2 is 1.54 bits per heavy atom. The summed E-state index contributed by atoms with van der Waals surface area (Å²) in [6.45, 7) is 7.52. The Balaban J connectivity index is 3.14. The van der Waals surface area contributed by atoms with Crippen LogP contribution < -0.4 is 21.7 Å². The largest absolute Gasteiger partial charge is 0.508 e. The standard InChI is InChI=1S/C26H42N4O6S/c1-6-16(4)22(25(34)28-20(26(35)36)11-12-37-5)30-24(33)21(14-17-7-9-18(31)10-8-17)29-23(32)19(27)13-15(2)3/h7-10,15-16,19-22,31H,6,11-14,27H2,1-5H3,(H,28,34)(H,29,32)(H,30,33)(H,35,36). The van der Waals surface area contributed by atoms with Crippen LogP contribution in [-0.4, -0.2) is 70.1 Å². The van der Waals surface area contributed by atoms with Gasteiger partial charge in [0.2, 0.25) is 17.7 Å². The summed E-state index contributed by atoms with van der Waals surface area (Å²) >= 11 is 1.47. The summed E-state index contributed by atoms with van der Waals surface area (Å²) < 4.78 is 0. The maximum atomic E-state index is 13.4. The number of phenolic OH excluding ortho intramolecular Hbond substituents is 1. The molecule has 7 N–H and O–H groups in total. The molecule has 0 saturated carbocycles. The van der Waals surface area contributed by atoms with Crippen LogP contribution in [0, 0.1) is 11.8 Å². The third-order valence-electron chi connectivity index (χ3n) is 6.09. The predicted octanol–water partition coefficient (Wildman–Crippen LogP) is 1.65. The van der Waals surface area contributed by atoms with Crippen LogP contribution in [0.3, 0.4) is 0 Å². The third-order valence-corrected chi connectivity index (χ3v) is 6.73. The number of rotatable bonds is 16. The van der Waals surface area contributed by atoms with Crippen molar-refractivity contribution >= 4 is 35.5 Å². The molecule has 0 spiro atoms. The first kappa shape index (κ1) is 32.2. The van der Waals surface area contributed by atoms with E-state index in [1.165, 1.54) is 23.9 Å². The molecule has 0 saturated heterocycles. The van der Waals surface area contributed by atoms with E-state index < -0.39 is 47.9 Å². The van der Waals surface area contributed by atoms with E-state index in [1.807, 2.05) is 27.0 Å². The van der Waals surface area contributed by atoms with Gasteiger partial charge in [-0.25, -0.2) is 4.79 Å². The van der Waals surface area contributed by atoms with E-state index >= 15 is 0 Å². The van der Waals surface area contributed by atoms with Gasteiger partial charge in [-0.2, -0.15) is 11.8 Å². The van der Waals surface area contributed by atoms with E-state index in [1.54, 1.807) is 19.1 Å². The van der Waals surface area contributed by atoms with E-state index in [4.69, 9.17) is 5.73 Å². The van der Waals surface area contributed by atoms with Gasteiger partial charge in [-0.15, -0.1) is 0 Å². The highest BCUT2D eigenvalue weighted by Gasteiger charge is 2.32. The highest BCUT2D eigenvalue weighted by Crippen LogP contribution is 2.14. The average molecular weight is 539 g/mol. The molecule has 5 atom stereocenters. The minimum atomic E-state index is -1.15. The summed E-state index contributed by atoms with van der Waals surface area (Å²) in [5.74, 6) is -2.32. The van der Waals surface area contributed by atoms with Gasteiger partial charge in [0.15, 0.2) is 0 Å². The smallest absolute Gasteiger partial charge is 0.326 e. The number of amides is 3. The highest BCUT2D eigenvalue weighted by molar-refractivity contribution is 7.98. The lowest BCUT2D eigenvalue weighted by molar-refractivity contribution is -0.142. The number of hydrogen-bond acceptors (Lipinski definition) is 7. The number of aromatic hydroxyl groups is 1. The Morgan fingerprint density at radius 3 is 2.05 bits per heavy atom. The summed E-state index contributed by atoms with van der Waals surface area (Å²) in [6.07, 6.45) is 3.18. The number of nitrogens with one attached hydrogen (secondary N) is 3. The lowest BCUT2D eigenvalue weighted by Crippen LogP contribution is -2.59. The number of nitrogens with two attached hydrogens (primary N) is 1. The zero-order valence-corrected chi connectivity index (χ0v) is 23.1. The molecule has 1 aromatic carbocycles. The van der Waals surface area contributed by atoms with E-state index in [-0.39, 0.29) is 30.4 Å². The quantitative estimate of drug-likeness (QED) is 0.184. The van der Waals surface area contributed by atoms with Crippen LogP contribution in [0.1, 0.15) is 52.5 Å². The SMILES string of the molecule is CCC(C)C(NC(=O)C(Cc1ccc(O)cc1)NC(=O)C(N)CC(C)C)C(=O)NC(CCSC)C(=O)O. The van der Waals surface area contributed by atoms with Gasteiger partial charge < -0.3 is 31.9 Å². The molecule has 10 nitrogen and oxygen atoms in total. The Labute approximate surface area is 223 Å². The van der Waals surface area contributed by atoms with E-state index in [0.717, 1.165) is 0 Å². The van der Waals surface area contributed by atoms with Gasteiger partial charge in [-0.05, 0) is 54.4 Å². The average Bonchev–Trinajstić information content (AvgIpc) is 2.84. The molecule has 0 aliphatic rings. The molecule has 208 valence electrons. The second-order valence-electron chi connectivity index (χ2n) is 9.72. The van der Waals surface area contributed by atoms with Crippen LogP contribution in [0.5, 0.6) is 5.75 Å². The fraction of sp³-hybridized carbons (Fsp3) is 0.615. The summed E-state index contributed by atoms with van der Waals surface area (Å²) in [6, 6.07) is 2.30. The first-order chi connectivity index (χ1) is 17.4. The summed E-state index contributed by atoms with van der Waals surface area (Å²) in [5.41, 5.74) is 6.71. The van der Waals surface area contributed by atoms with Crippen LogP contribution in [-0.2, 0) is 25.6 Å². The van der Waals surface area contributed by atoms with Gasteiger partial charge in [0, 0.05) is 6.42 Å². The van der Waals surface area contributed by atoms with Crippen LogP contribution >= 0.6 is 11.8 Å². The first-order valence-electron chi connectivity index (χ1n) is 12.6. The number of carbonyl (C=O) groups excluding carboxylic acids is 3. The minimum absolute atomic E-state index is 0.0655. The van der Waals surface area contributed by atoms with Crippen molar-refractivity contribution in [3.05, 3.63) is 29.8 Å². The number of thioether (sulfide) groups is 1. The van der Waals surface area contributed by atoms with Gasteiger partial charge in [0.05, 0.1) is 6.04 Å². The summed E-state index contributed by atoms with van der Waals surface area (Å²) in [5, 5.41) is 27.1. The second kappa shape index (κ2) is 16.1. The highest BCUT2D eigenvalue weighted by atomic mass is 32.2. The van der Waals surface area contributed by atoms with Crippen molar-refractivity contribution in [2.75, 3.05) is 12.0 Å². The minimum Gasteiger partial charge on any atom is -0.508 e. The zero-order chi connectivity index (χ0) is 28.1. The van der Waals surface area contributed by atoms with Gasteiger partial charge in [0.1, 0.15) is 23.9 Å². The lowest BCUT2D eigenvalue weighted by Gasteiger charge is -2.28. The molecular formula is C26H42N4O6S. The van der Waals surface area contributed by atoms with Crippen molar-refractivity contribution in [1.82, 2.24) is 16.0 Å². The van der Waals surface area contributed by atoms with Crippen molar-refractivity contribution in [2.45, 2.75) is 77.5 Å². The Kier molecular flexibility index (Phi) is 14.1. The van der Waals surface area contributed by atoms with Crippen LogP contribution in [0.25, 0.3) is 0 Å². The van der Waals surface area contributed by atoms with Crippen molar-refractivity contribution in [3.8, 4) is 5.75 Å². The van der Waals surface area contributed by atoms with Gasteiger partial charge in [0.25, 0.3) is 0 Å². The molecule has 0 bridgehead atoms. The van der Waals surface area contributed by atoms with Crippen LogP contribution in [0.4, 0.5) is 0 Å². The maximum Gasteiger partial charge on any atom is 0.326 e. The zero-order valence-electron chi connectivity index (χ0n) is 22.3. The van der Waals surface area contributed by atoms with Crippen molar-refractivity contribution in [2.24, 2.45) is 17.6 Å². The molecule has 37 heavy (non-hydrogen) atoms. The molecule has 1 aromatic rings. The molecule has 0 aliphatic heterocycles. The lowest BCUT2D eigenvalue weighted by atomic mass is 9.96. The second-order valence-corrected chi connectivity index (χ2v) is 10.7. The van der Waals surface area contributed by atoms with Crippen LogP contribution in [0.15, 0.2) is 24.3 Å². The molecule has 0 radical (unpaired) electrons. The number of carboxylic acid groups (broad SMARTS) is 1. The topological polar surface area (TPSA) is 171 Å². The number of hydrogen-bond donors (Lipinski definition) is 6. The fourth-order valence-electron chi connectivity index (χ4n) is 3.68. The van der Waals surface area contributed by atoms with Crippen LogP contribution in [0.2, 0.25) is 0 Å². The van der Waals surface area contributed by atoms with Crippen molar-refractivity contribution in [1.29, 1.82) is 0 Å². The predicted molar refractivity (Wildman–Crippen MR) is 145 cm³/mol. The van der Waals surface area contributed by atoms with E-state index in [0.29, 0.717) is 24.2 Å². The number of carboxylic acids is 1. The molecule has 0 aromatic heterocycles. The fourth-order valence-corrected chi connectivity index (χ4v) is 4.15. The monoisotopic (exact) mass is 538 g/mol. The Hall–Kier alpha value is -2.79. The number of benzene rings is 1. The number of carbonyl (C=O) groups is 4. The molecule has 5 unspecified atom stereocenters.